The van der Waals surface area contributed by atoms with E-state index < -0.39 is 23.8 Å². The van der Waals surface area contributed by atoms with E-state index in [0.717, 1.165) is 17.7 Å². The zero-order valence-corrected chi connectivity index (χ0v) is 17.8. The SMILES string of the molecule is N#C[C@@]1(C2CC2)CCN(c2ccnc(Nc3ccc(C(=O)N4CCC(F)(F)C4)cc3)n2)C1=O. The van der Waals surface area contributed by atoms with Gasteiger partial charge in [0.1, 0.15) is 11.2 Å². The fourth-order valence-electron chi connectivity index (χ4n) is 4.58. The first-order valence-corrected chi connectivity index (χ1v) is 10.9. The summed E-state index contributed by atoms with van der Waals surface area (Å²) in [5.41, 5.74) is -0.0173. The number of hydrogen-bond acceptors (Lipinski definition) is 6. The first-order valence-electron chi connectivity index (χ1n) is 10.9. The summed E-state index contributed by atoms with van der Waals surface area (Å²) in [4.78, 5) is 36.8. The van der Waals surface area contributed by atoms with E-state index in [0.29, 0.717) is 30.0 Å². The third kappa shape index (κ3) is 3.88. The predicted molar refractivity (Wildman–Crippen MR) is 115 cm³/mol. The van der Waals surface area contributed by atoms with Gasteiger partial charge in [0.2, 0.25) is 11.9 Å². The lowest BCUT2D eigenvalue weighted by atomic mass is 9.83. The van der Waals surface area contributed by atoms with E-state index in [1.165, 1.54) is 6.20 Å². The number of rotatable bonds is 5. The largest absolute Gasteiger partial charge is 0.332 e. The summed E-state index contributed by atoms with van der Waals surface area (Å²) in [5.74, 6) is -2.64. The van der Waals surface area contributed by atoms with E-state index in [1.807, 2.05) is 0 Å². The van der Waals surface area contributed by atoms with Crippen molar-refractivity contribution in [1.82, 2.24) is 14.9 Å². The molecular weight excluding hydrogens is 430 g/mol. The van der Waals surface area contributed by atoms with E-state index in [9.17, 15) is 23.6 Å². The van der Waals surface area contributed by atoms with Crippen molar-refractivity contribution in [2.45, 2.75) is 31.6 Å². The number of amides is 2. The molecule has 1 aliphatic carbocycles. The molecule has 1 aromatic carbocycles. The molecule has 3 fully saturated rings. The van der Waals surface area contributed by atoms with Crippen molar-refractivity contribution in [2.75, 3.05) is 29.9 Å². The highest BCUT2D eigenvalue weighted by atomic mass is 19.3. The number of alkyl halides is 2. The Morgan fingerprint density at radius 1 is 1.15 bits per heavy atom. The number of anilines is 3. The lowest BCUT2D eigenvalue weighted by molar-refractivity contribution is -0.123. The van der Waals surface area contributed by atoms with E-state index in [-0.39, 0.29) is 30.7 Å². The number of nitrogens with one attached hydrogen (secondary N) is 1. The number of carbonyl (C=O) groups excluding carboxylic acids is 2. The van der Waals surface area contributed by atoms with E-state index in [4.69, 9.17) is 0 Å². The van der Waals surface area contributed by atoms with E-state index in [1.54, 1.807) is 35.2 Å². The number of aromatic nitrogens is 2. The molecule has 8 nitrogen and oxygen atoms in total. The molecule has 5 rings (SSSR count). The number of likely N-dealkylation sites (tertiary alicyclic amines) is 1. The Bertz CT molecular complexity index is 1140. The Morgan fingerprint density at radius 2 is 1.91 bits per heavy atom. The maximum Gasteiger partial charge on any atom is 0.267 e. The van der Waals surface area contributed by atoms with Gasteiger partial charge in [0.15, 0.2) is 0 Å². The smallest absolute Gasteiger partial charge is 0.267 e. The highest BCUT2D eigenvalue weighted by Crippen LogP contribution is 2.51. The average molecular weight is 452 g/mol. The van der Waals surface area contributed by atoms with Gasteiger partial charge in [-0.1, -0.05) is 0 Å². The van der Waals surface area contributed by atoms with Crippen LogP contribution in [0.2, 0.25) is 0 Å². The summed E-state index contributed by atoms with van der Waals surface area (Å²) in [6, 6.07) is 10.3. The Kier molecular flexibility index (Phi) is 5.00. The molecule has 2 amide bonds. The van der Waals surface area contributed by atoms with Crippen molar-refractivity contribution < 1.29 is 18.4 Å². The summed E-state index contributed by atoms with van der Waals surface area (Å²) in [6.45, 7) is -0.0866. The van der Waals surface area contributed by atoms with Crippen LogP contribution >= 0.6 is 0 Å². The van der Waals surface area contributed by atoms with Gasteiger partial charge < -0.3 is 10.2 Å². The molecule has 2 aliphatic heterocycles. The molecule has 0 spiro atoms. The zero-order valence-electron chi connectivity index (χ0n) is 17.8. The zero-order chi connectivity index (χ0) is 23.2. The molecule has 2 aromatic rings. The fourth-order valence-corrected chi connectivity index (χ4v) is 4.58. The molecule has 1 saturated carbocycles. The summed E-state index contributed by atoms with van der Waals surface area (Å²) >= 11 is 0. The van der Waals surface area contributed by atoms with Crippen molar-refractivity contribution in [2.24, 2.45) is 11.3 Å². The van der Waals surface area contributed by atoms with Crippen LogP contribution in [0.3, 0.4) is 0 Å². The van der Waals surface area contributed by atoms with Crippen LogP contribution in [0.15, 0.2) is 36.5 Å². The van der Waals surface area contributed by atoms with Crippen LogP contribution in [0.5, 0.6) is 0 Å². The topological polar surface area (TPSA) is 102 Å². The molecule has 1 atom stereocenters. The highest BCUT2D eigenvalue weighted by molar-refractivity contribution is 6.01. The van der Waals surface area contributed by atoms with Crippen LogP contribution in [-0.2, 0) is 4.79 Å². The van der Waals surface area contributed by atoms with Crippen molar-refractivity contribution in [1.29, 1.82) is 5.26 Å². The van der Waals surface area contributed by atoms with Crippen LogP contribution in [0.1, 0.15) is 36.0 Å². The summed E-state index contributed by atoms with van der Waals surface area (Å²) in [6.07, 6.45) is 3.53. The van der Waals surface area contributed by atoms with Crippen molar-refractivity contribution in [3.63, 3.8) is 0 Å². The van der Waals surface area contributed by atoms with Gasteiger partial charge in [-0.25, -0.2) is 13.8 Å². The van der Waals surface area contributed by atoms with Crippen molar-refractivity contribution in [3.8, 4) is 6.07 Å². The van der Waals surface area contributed by atoms with Gasteiger partial charge in [-0.3, -0.25) is 14.5 Å². The first-order chi connectivity index (χ1) is 15.8. The molecular formula is C23H22F2N6O2. The molecule has 1 N–H and O–H groups in total. The molecule has 33 heavy (non-hydrogen) atoms. The number of nitriles is 1. The molecule has 170 valence electrons. The van der Waals surface area contributed by atoms with Crippen molar-refractivity contribution >= 4 is 29.3 Å². The number of nitrogens with zero attached hydrogens (tertiary/aromatic N) is 5. The maximum atomic E-state index is 13.4. The standard InChI is InChI=1S/C23H22F2N6O2/c24-23(25)9-11-30(14-23)19(32)15-1-5-17(6-2-15)28-21-27-10-7-18(29-21)31-12-8-22(13-26,20(31)33)16-3-4-16/h1-2,5-7,10,16H,3-4,8-9,11-12,14H2,(H,27,28,29)/t22-/m1/s1. The third-order valence-electron chi connectivity index (χ3n) is 6.59. The molecule has 0 bridgehead atoms. The molecule has 2 saturated heterocycles. The molecule has 3 aliphatic rings. The van der Waals surface area contributed by atoms with Crippen LogP contribution < -0.4 is 10.2 Å². The Hall–Kier alpha value is -3.61. The van der Waals surface area contributed by atoms with E-state index >= 15 is 0 Å². The molecule has 1 aromatic heterocycles. The summed E-state index contributed by atoms with van der Waals surface area (Å²) in [5, 5.41) is 12.7. The second-order valence-electron chi connectivity index (χ2n) is 8.84. The minimum atomic E-state index is -2.83. The normalized spacial score (nSPS) is 24.1. The second kappa shape index (κ2) is 7.76. The first kappa shape index (κ1) is 21.2. The van der Waals surface area contributed by atoms with Gasteiger partial charge in [-0.05, 0) is 55.5 Å². The van der Waals surface area contributed by atoms with Gasteiger partial charge in [-0.2, -0.15) is 10.2 Å². The Balaban J connectivity index is 1.27. The number of carbonyl (C=O) groups is 2. The minimum absolute atomic E-state index is 0.0372. The molecule has 10 heteroatoms. The lowest BCUT2D eigenvalue weighted by Gasteiger charge is -2.20. The van der Waals surface area contributed by atoms with Gasteiger partial charge in [0.25, 0.3) is 11.8 Å². The van der Waals surface area contributed by atoms with Gasteiger partial charge in [0.05, 0.1) is 12.6 Å². The van der Waals surface area contributed by atoms with Crippen LogP contribution in [0.25, 0.3) is 0 Å². The monoisotopic (exact) mass is 452 g/mol. The molecule has 0 unspecified atom stereocenters. The predicted octanol–water partition coefficient (Wildman–Crippen LogP) is 3.36. The summed E-state index contributed by atoms with van der Waals surface area (Å²) in [7, 11) is 0. The Labute approximate surface area is 189 Å². The second-order valence-corrected chi connectivity index (χ2v) is 8.84. The highest BCUT2D eigenvalue weighted by Gasteiger charge is 2.57. The van der Waals surface area contributed by atoms with Crippen molar-refractivity contribution in [3.05, 3.63) is 42.1 Å². The average Bonchev–Trinajstić information content (AvgIpc) is 3.52. The number of hydrogen-bond donors (Lipinski definition) is 1. The van der Waals surface area contributed by atoms with Crippen LogP contribution in [0, 0.1) is 22.7 Å². The summed E-state index contributed by atoms with van der Waals surface area (Å²) < 4.78 is 26.8. The van der Waals surface area contributed by atoms with Crippen LogP contribution in [-0.4, -0.2) is 52.2 Å². The van der Waals surface area contributed by atoms with Gasteiger partial charge in [0, 0.05) is 37.0 Å². The number of benzene rings is 1. The molecule has 0 radical (unpaired) electrons. The Morgan fingerprint density at radius 3 is 2.55 bits per heavy atom. The lowest BCUT2D eigenvalue weighted by Crippen LogP contribution is -2.35. The molecule has 3 heterocycles. The quantitative estimate of drug-likeness (QED) is 0.747. The maximum absolute atomic E-state index is 13.4. The fraction of sp³-hybridized carbons (Fsp3) is 0.435. The van der Waals surface area contributed by atoms with E-state index in [2.05, 4.69) is 21.4 Å². The third-order valence-corrected chi connectivity index (χ3v) is 6.59. The number of halogens is 2. The van der Waals surface area contributed by atoms with Gasteiger partial charge in [-0.15, -0.1) is 0 Å². The minimum Gasteiger partial charge on any atom is -0.332 e. The van der Waals surface area contributed by atoms with Crippen LogP contribution in [0.4, 0.5) is 26.2 Å². The van der Waals surface area contributed by atoms with Gasteiger partial charge >= 0.3 is 0 Å².